The highest BCUT2D eigenvalue weighted by atomic mass is 32.1. The average molecular weight is 426 g/mol. The van der Waals surface area contributed by atoms with Gasteiger partial charge in [-0.1, -0.05) is 36.8 Å². The van der Waals surface area contributed by atoms with Crippen LogP contribution in [0, 0.1) is 6.92 Å². The molecule has 1 unspecified atom stereocenters. The molecule has 0 bridgehead atoms. The quantitative estimate of drug-likeness (QED) is 0.657. The molecular formula is C22H27N5O2S. The summed E-state index contributed by atoms with van der Waals surface area (Å²) in [5, 5.41) is 8.07. The number of benzene rings is 1. The van der Waals surface area contributed by atoms with Crippen LogP contribution in [0.1, 0.15) is 31.9 Å². The van der Waals surface area contributed by atoms with Crippen LogP contribution in [0.15, 0.2) is 35.1 Å². The van der Waals surface area contributed by atoms with Crippen molar-refractivity contribution < 1.29 is 4.79 Å². The maximum absolute atomic E-state index is 12.9. The van der Waals surface area contributed by atoms with Gasteiger partial charge in [0, 0.05) is 24.7 Å². The predicted molar refractivity (Wildman–Crippen MR) is 120 cm³/mol. The molecule has 8 heteroatoms. The summed E-state index contributed by atoms with van der Waals surface area (Å²) in [6, 6.07) is 10.3. The molecule has 1 N–H and O–H groups in total. The van der Waals surface area contributed by atoms with Crippen molar-refractivity contribution in [3.05, 3.63) is 46.4 Å². The van der Waals surface area contributed by atoms with Gasteiger partial charge in [-0.3, -0.25) is 14.5 Å². The number of carbonyl (C=O) groups is 1. The number of hydrogen-bond acceptors (Lipinski definition) is 6. The van der Waals surface area contributed by atoms with E-state index in [-0.39, 0.29) is 18.0 Å². The van der Waals surface area contributed by atoms with Crippen LogP contribution in [-0.2, 0) is 11.3 Å². The Morgan fingerprint density at radius 3 is 2.83 bits per heavy atom. The standard InChI is InChI=1S/C22H27N5O2S/c1-15-8-6-7-12-26(15)13-11-23-18(28)14-27-22(29)19-20(16(2)25-27)30-21(24-19)17-9-4-3-5-10-17/h3-5,9-10,15H,6-8,11-14H2,1-2H3,(H,23,28). The van der Waals surface area contributed by atoms with Crippen molar-refractivity contribution in [2.24, 2.45) is 0 Å². The first kappa shape index (κ1) is 20.7. The summed E-state index contributed by atoms with van der Waals surface area (Å²) in [5.74, 6) is -0.202. The van der Waals surface area contributed by atoms with Crippen LogP contribution in [0.3, 0.4) is 0 Å². The smallest absolute Gasteiger partial charge is 0.294 e. The largest absolute Gasteiger partial charge is 0.353 e. The van der Waals surface area contributed by atoms with Crippen LogP contribution in [0.4, 0.5) is 0 Å². The maximum atomic E-state index is 12.9. The van der Waals surface area contributed by atoms with Crippen molar-refractivity contribution in [3.8, 4) is 10.6 Å². The first-order valence-electron chi connectivity index (χ1n) is 10.5. The maximum Gasteiger partial charge on any atom is 0.294 e. The first-order chi connectivity index (χ1) is 14.5. The number of carbonyl (C=O) groups excluding carboxylic acids is 1. The molecular weight excluding hydrogens is 398 g/mol. The van der Waals surface area contributed by atoms with Gasteiger partial charge in [0.2, 0.25) is 5.91 Å². The average Bonchev–Trinajstić information content (AvgIpc) is 3.20. The van der Waals surface area contributed by atoms with E-state index < -0.39 is 0 Å². The van der Waals surface area contributed by atoms with E-state index in [0.29, 0.717) is 23.8 Å². The lowest BCUT2D eigenvalue weighted by Gasteiger charge is -2.33. The fourth-order valence-corrected chi connectivity index (χ4v) is 4.94. The zero-order valence-corrected chi connectivity index (χ0v) is 18.2. The monoisotopic (exact) mass is 425 g/mol. The highest BCUT2D eigenvalue weighted by Gasteiger charge is 2.19. The zero-order valence-electron chi connectivity index (χ0n) is 17.4. The second kappa shape index (κ2) is 9.06. The Morgan fingerprint density at radius 2 is 2.07 bits per heavy atom. The summed E-state index contributed by atoms with van der Waals surface area (Å²) >= 11 is 1.46. The van der Waals surface area contributed by atoms with Gasteiger partial charge in [0.25, 0.3) is 5.56 Å². The SMILES string of the molecule is Cc1nn(CC(=O)NCCN2CCCCC2C)c(=O)c2nc(-c3ccccc3)sc12. The van der Waals surface area contributed by atoms with E-state index >= 15 is 0 Å². The second-order valence-corrected chi connectivity index (χ2v) is 8.84. The summed E-state index contributed by atoms with van der Waals surface area (Å²) in [6.07, 6.45) is 3.71. The number of piperidine rings is 1. The number of likely N-dealkylation sites (tertiary alicyclic amines) is 1. The third-order valence-electron chi connectivity index (χ3n) is 5.64. The molecule has 1 fully saturated rings. The molecule has 2 aromatic heterocycles. The number of nitrogens with zero attached hydrogens (tertiary/aromatic N) is 4. The third-order valence-corrected chi connectivity index (χ3v) is 6.85. The Morgan fingerprint density at radius 1 is 1.27 bits per heavy atom. The molecule has 3 heterocycles. The number of aryl methyl sites for hydroxylation is 1. The molecule has 0 radical (unpaired) electrons. The third kappa shape index (κ3) is 4.44. The Kier molecular flexibility index (Phi) is 6.24. The molecule has 30 heavy (non-hydrogen) atoms. The van der Waals surface area contributed by atoms with E-state index in [1.54, 1.807) is 0 Å². The van der Waals surface area contributed by atoms with Gasteiger partial charge in [-0.05, 0) is 33.2 Å². The second-order valence-electron chi connectivity index (χ2n) is 7.84. The topological polar surface area (TPSA) is 80.1 Å². The normalized spacial score (nSPS) is 17.3. The highest BCUT2D eigenvalue weighted by Crippen LogP contribution is 2.29. The lowest BCUT2D eigenvalue weighted by Crippen LogP contribution is -2.43. The molecule has 7 nitrogen and oxygen atoms in total. The van der Waals surface area contributed by atoms with Gasteiger partial charge >= 0.3 is 0 Å². The number of thiazole rings is 1. The Hall–Kier alpha value is -2.58. The summed E-state index contributed by atoms with van der Waals surface area (Å²) in [5.41, 5.74) is 1.73. The van der Waals surface area contributed by atoms with Crippen LogP contribution >= 0.6 is 11.3 Å². The molecule has 0 aliphatic carbocycles. The van der Waals surface area contributed by atoms with Crippen LogP contribution in [-0.4, -0.2) is 51.2 Å². The van der Waals surface area contributed by atoms with E-state index in [9.17, 15) is 9.59 Å². The number of fused-ring (bicyclic) bond motifs is 1. The van der Waals surface area contributed by atoms with Crippen LogP contribution in [0.5, 0.6) is 0 Å². The molecule has 1 aromatic carbocycles. The molecule has 158 valence electrons. The fraction of sp³-hybridized carbons (Fsp3) is 0.455. The lowest BCUT2D eigenvalue weighted by atomic mass is 10.0. The minimum Gasteiger partial charge on any atom is -0.353 e. The molecule has 0 saturated carbocycles. The van der Waals surface area contributed by atoms with E-state index in [0.717, 1.165) is 28.4 Å². The first-order valence-corrected chi connectivity index (χ1v) is 11.3. The van der Waals surface area contributed by atoms with Crippen molar-refractivity contribution in [2.45, 2.75) is 45.7 Å². The van der Waals surface area contributed by atoms with Crippen molar-refractivity contribution in [3.63, 3.8) is 0 Å². The van der Waals surface area contributed by atoms with Crippen LogP contribution in [0.25, 0.3) is 20.8 Å². The van der Waals surface area contributed by atoms with Gasteiger partial charge in [-0.15, -0.1) is 11.3 Å². The molecule has 1 aliphatic heterocycles. The van der Waals surface area contributed by atoms with Crippen LogP contribution < -0.4 is 10.9 Å². The van der Waals surface area contributed by atoms with E-state index in [2.05, 4.69) is 27.2 Å². The number of hydrogen-bond donors (Lipinski definition) is 1. The highest BCUT2D eigenvalue weighted by molar-refractivity contribution is 7.21. The van der Waals surface area contributed by atoms with Crippen molar-refractivity contribution in [1.29, 1.82) is 0 Å². The number of aromatic nitrogens is 3. The van der Waals surface area contributed by atoms with Crippen molar-refractivity contribution in [1.82, 2.24) is 25.0 Å². The summed E-state index contributed by atoms with van der Waals surface area (Å²) in [6.45, 7) is 6.49. The number of nitrogens with one attached hydrogen (secondary N) is 1. The van der Waals surface area contributed by atoms with Crippen molar-refractivity contribution >= 4 is 27.5 Å². The molecule has 1 atom stereocenters. The fourth-order valence-electron chi connectivity index (χ4n) is 3.94. The minimum atomic E-state index is -0.325. The van der Waals surface area contributed by atoms with Crippen LogP contribution in [0.2, 0.25) is 0 Å². The predicted octanol–water partition coefficient (Wildman–Crippen LogP) is 2.82. The molecule has 1 aliphatic rings. The van der Waals surface area contributed by atoms with Gasteiger partial charge < -0.3 is 5.32 Å². The zero-order chi connectivity index (χ0) is 21.1. The minimum absolute atomic E-state index is 0.0939. The molecule has 3 aromatic rings. The van der Waals surface area contributed by atoms with Gasteiger partial charge in [0.1, 0.15) is 11.6 Å². The summed E-state index contributed by atoms with van der Waals surface area (Å²) < 4.78 is 2.00. The van der Waals surface area contributed by atoms with E-state index in [4.69, 9.17) is 0 Å². The Balaban J connectivity index is 1.45. The molecule has 0 spiro atoms. The van der Waals surface area contributed by atoms with Gasteiger partial charge in [-0.25, -0.2) is 9.67 Å². The lowest BCUT2D eigenvalue weighted by molar-refractivity contribution is -0.122. The van der Waals surface area contributed by atoms with Crippen molar-refractivity contribution in [2.75, 3.05) is 19.6 Å². The van der Waals surface area contributed by atoms with Gasteiger partial charge in [-0.2, -0.15) is 5.10 Å². The molecule has 4 rings (SSSR count). The Labute approximate surface area is 179 Å². The Bertz CT molecular complexity index is 1090. The van der Waals surface area contributed by atoms with Gasteiger partial charge in [0.05, 0.1) is 10.4 Å². The summed E-state index contributed by atoms with van der Waals surface area (Å²) in [7, 11) is 0. The van der Waals surface area contributed by atoms with E-state index in [1.807, 2.05) is 37.3 Å². The molecule has 1 saturated heterocycles. The van der Waals surface area contributed by atoms with Gasteiger partial charge in [0.15, 0.2) is 5.52 Å². The summed E-state index contributed by atoms with van der Waals surface area (Å²) in [4.78, 5) is 32.3. The van der Waals surface area contributed by atoms with E-state index in [1.165, 1.54) is 35.3 Å². The molecule has 1 amide bonds. The number of rotatable bonds is 6. The number of amides is 1.